The van der Waals surface area contributed by atoms with Gasteiger partial charge in [0.1, 0.15) is 5.82 Å². The Morgan fingerprint density at radius 3 is 2.70 bits per heavy atom. The van der Waals surface area contributed by atoms with Crippen LogP contribution in [0.15, 0.2) is 45.8 Å². The third-order valence-electron chi connectivity index (χ3n) is 2.85. The molecular weight excluding hydrogens is 343 g/mol. The van der Waals surface area contributed by atoms with Crippen LogP contribution in [0.5, 0.6) is 0 Å². The maximum Gasteiger partial charge on any atom is 0.335 e. The highest BCUT2D eigenvalue weighted by Gasteiger charge is 2.09. The van der Waals surface area contributed by atoms with Crippen molar-refractivity contribution in [1.29, 1.82) is 0 Å². The topological polar surface area (TPSA) is 37.3 Å². The zero-order valence-corrected chi connectivity index (χ0v) is 13.1. The molecule has 1 N–H and O–H groups in total. The summed E-state index contributed by atoms with van der Waals surface area (Å²) in [5.74, 6) is -0.565. The molecule has 0 spiro atoms. The van der Waals surface area contributed by atoms with Crippen molar-refractivity contribution in [1.82, 2.24) is 0 Å². The Kier molecular flexibility index (Phi) is 4.83. The summed E-state index contributed by atoms with van der Waals surface area (Å²) in [5.41, 5.74) is 2.02. The van der Waals surface area contributed by atoms with Gasteiger partial charge in [0.2, 0.25) is 0 Å². The first-order valence-electron chi connectivity index (χ1n) is 5.88. The van der Waals surface area contributed by atoms with E-state index in [9.17, 15) is 9.18 Å². The summed E-state index contributed by atoms with van der Waals surface area (Å²) in [6, 6.07) is 9.92. The maximum atomic E-state index is 13.0. The number of benzene rings is 2. The first-order chi connectivity index (χ1) is 9.47. The van der Waals surface area contributed by atoms with E-state index in [0.29, 0.717) is 11.3 Å². The molecule has 2 aromatic rings. The first-order valence-corrected chi connectivity index (χ1v) is 7.66. The molecule has 2 nitrogen and oxygen atoms in total. The van der Waals surface area contributed by atoms with Crippen LogP contribution in [0.3, 0.4) is 0 Å². The van der Waals surface area contributed by atoms with Crippen LogP contribution in [-0.4, -0.2) is 11.1 Å². The minimum atomic E-state index is -0.923. The van der Waals surface area contributed by atoms with Crippen molar-refractivity contribution in [3.05, 3.63) is 63.4 Å². The number of rotatable bonds is 4. The van der Waals surface area contributed by atoms with Crippen molar-refractivity contribution in [3.8, 4) is 0 Å². The normalized spacial score (nSPS) is 10.6. The van der Waals surface area contributed by atoms with Crippen molar-refractivity contribution in [2.45, 2.75) is 17.6 Å². The van der Waals surface area contributed by atoms with Gasteiger partial charge in [-0.15, -0.1) is 11.8 Å². The molecule has 0 aromatic heterocycles. The van der Waals surface area contributed by atoms with Gasteiger partial charge >= 0.3 is 5.97 Å². The number of thioether (sulfide) groups is 1. The number of carboxylic acid groups (broad SMARTS) is 1. The van der Waals surface area contributed by atoms with Crippen molar-refractivity contribution >= 4 is 33.7 Å². The third kappa shape index (κ3) is 3.61. The molecule has 2 rings (SSSR count). The van der Waals surface area contributed by atoms with Gasteiger partial charge in [0.05, 0.1) is 5.56 Å². The quantitative estimate of drug-likeness (QED) is 0.794. The van der Waals surface area contributed by atoms with Crippen LogP contribution < -0.4 is 0 Å². The van der Waals surface area contributed by atoms with Crippen molar-refractivity contribution in [3.63, 3.8) is 0 Å². The molecule has 0 bridgehead atoms. The van der Waals surface area contributed by atoms with Gasteiger partial charge in [-0.25, -0.2) is 9.18 Å². The fourth-order valence-corrected chi connectivity index (χ4v) is 3.34. The average molecular weight is 355 g/mol. The van der Waals surface area contributed by atoms with Crippen LogP contribution in [0.2, 0.25) is 0 Å². The molecule has 0 heterocycles. The summed E-state index contributed by atoms with van der Waals surface area (Å²) in [6.07, 6.45) is 0. The fraction of sp³-hybridized carbons (Fsp3) is 0.133. The van der Waals surface area contributed by atoms with Crippen LogP contribution in [0.25, 0.3) is 0 Å². The van der Waals surface area contributed by atoms with E-state index in [2.05, 4.69) is 15.9 Å². The number of carbonyl (C=O) groups is 1. The molecule has 0 aliphatic carbocycles. The van der Waals surface area contributed by atoms with E-state index in [0.717, 1.165) is 20.5 Å². The zero-order valence-electron chi connectivity index (χ0n) is 10.7. The van der Waals surface area contributed by atoms with Gasteiger partial charge in [0.15, 0.2) is 0 Å². The highest BCUT2D eigenvalue weighted by molar-refractivity contribution is 9.10. The van der Waals surface area contributed by atoms with Crippen molar-refractivity contribution < 1.29 is 14.3 Å². The molecule has 20 heavy (non-hydrogen) atoms. The highest BCUT2D eigenvalue weighted by atomic mass is 79.9. The van der Waals surface area contributed by atoms with E-state index in [1.165, 1.54) is 23.9 Å². The smallest absolute Gasteiger partial charge is 0.335 e. The summed E-state index contributed by atoms with van der Waals surface area (Å²) >= 11 is 4.84. The van der Waals surface area contributed by atoms with E-state index in [1.807, 2.05) is 6.07 Å². The Morgan fingerprint density at radius 1 is 1.30 bits per heavy atom. The fourth-order valence-electron chi connectivity index (χ4n) is 1.72. The molecule has 104 valence electrons. The molecule has 0 aliphatic heterocycles. The lowest BCUT2D eigenvalue weighted by Gasteiger charge is -2.07. The molecule has 0 aliphatic rings. The zero-order chi connectivity index (χ0) is 14.7. The van der Waals surface area contributed by atoms with Gasteiger partial charge in [0.25, 0.3) is 0 Å². The SMILES string of the molecule is Cc1ccc(SCc2ccc(F)cc2Br)cc1C(=O)O. The molecule has 0 unspecified atom stereocenters. The van der Waals surface area contributed by atoms with E-state index >= 15 is 0 Å². The molecule has 0 saturated heterocycles. The average Bonchev–Trinajstić information content (AvgIpc) is 2.39. The van der Waals surface area contributed by atoms with Gasteiger partial charge in [-0.1, -0.05) is 28.1 Å². The van der Waals surface area contributed by atoms with Crippen LogP contribution >= 0.6 is 27.7 Å². The molecular formula is C15H12BrFO2S. The van der Waals surface area contributed by atoms with Gasteiger partial charge in [-0.2, -0.15) is 0 Å². The Labute approximate surface area is 129 Å². The van der Waals surface area contributed by atoms with Gasteiger partial charge in [-0.05, 0) is 42.3 Å². The minimum Gasteiger partial charge on any atom is -0.478 e. The Bertz CT molecular complexity index is 658. The summed E-state index contributed by atoms with van der Waals surface area (Å²) in [5, 5.41) is 9.09. The Morgan fingerprint density at radius 2 is 2.05 bits per heavy atom. The van der Waals surface area contributed by atoms with Crippen LogP contribution in [0, 0.1) is 12.7 Å². The van der Waals surface area contributed by atoms with Crippen molar-refractivity contribution in [2.24, 2.45) is 0 Å². The Balaban J connectivity index is 2.15. The predicted octanol–water partition coefficient (Wildman–Crippen LogP) is 4.89. The van der Waals surface area contributed by atoms with Gasteiger partial charge in [-0.3, -0.25) is 0 Å². The number of aryl methyl sites for hydroxylation is 1. The van der Waals surface area contributed by atoms with E-state index < -0.39 is 5.97 Å². The largest absolute Gasteiger partial charge is 0.478 e. The van der Waals surface area contributed by atoms with Crippen LogP contribution in [0.4, 0.5) is 4.39 Å². The lowest BCUT2D eigenvalue weighted by molar-refractivity contribution is 0.0696. The van der Waals surface area contributed by atoms with E-state index in [4.69, 9.17) is 5.11 Å². The molecule has 0 atom stereocenters. The minimum absolute atomic E-state index is 0.283. The number of hydrogen-bond donors (Lipinski definition) is 1. The second-order valence-corrected chi connectivity index (χ2v) is 6.21. The van der Waals surface area contributed by atoms with Crippen molar-refractivity contribution in [2.75, 3.05) is 0 Å². The first kappa shape index (κ1) is 15.1. The molecule has 5 heteroatoms. The van der Waals surface area contributed by atoms with E-state index in [-0.39, 0.29) is 5.82 Å². The third-order valence-corrected chi connectivity index (χ3v) is 4.63. The summed E-state index contributed by atoms with van der Waals surface area (Å²) in [7, 11) is 0. The lowest BCUT2D eigenvalue weighted by atomic mass is 10.1. The lowest BCUT2D eigenvalue weighted by Crippen LogP contribution is -1.99. The monoisotopic (exact) mass is 354 g/mol. The summed E-state index contributed by atoms with van der Waals surface area (Å²) < 4.78 is 13.7. The second-order valence-electron chi connectivity index (χ2n) is 4.31. The molecule has 0 amide bonds. The summed E-state index contributed by atoms with van der Waals surface area (Å²) in [6.45, 7) is 1.77. The highest BCUT2D eigenvalue weighted by Crippen LogP contribution is 2.28. The predicted molar refractivity (Wildman–Crippen MR) is 81.8 cm³/mol. The Hall–Kier alpha value is -1.33. The van der Waals surface area contributed by atoms with E-state index in [1.54, 1.807) is 25.1 Å². The maximum absolute atomic E-state index is 13.0. The number of hydrogen-bond acceptors (Lipinski definition) is 2. The second kappa shape index (κ2) is 6.41. The van der Waals surface area contributed by atoms with Gasteiger partial charge < -0.3 is 5.11 Å². The summed E-state index contributed by atoms with van der Waals surface area (Å²) in [4.78, 5) is 12.0. The number of halogens is 2. The van der Waals surface area contributed by atoms with Crippen LogP contribution in [-0.2, 0) is 5.75 Å². The molecule has 0 fully saturated rings. The molecule has 2 aromatic carbocycles. The molecule has 0 saturated carbocycles. The standard InChI is InChI=1S/C15H12BrFO2S/c1-9-2-5-12(7-13(9)15(18)19)20-8-10-3-4-11(17)6-14(10)16/h2-7H,8H2,1H3,(H,18,19). The number of aromatic carboxylic acids is 1. The van der Waals surface area contributed by atoms with Crippen LogP contribution in [0.1, 0.15) is 21.5 Å². The number of carboxylic acids is 1. The molecule has 0 radical (unpaired) electrons. The van der Waals surface area contributed by atoms with Gasteiger partial charge in [0, 0.05) is 15.1 Å².